The van der Waals surface area contributed by atoms with Gasteiger partial charge in [-0.2, -0.15) is 0 Å². The number of rotatable bonds is 12. The van der Waals surface area contributed by atoms with E-state index in [9.17, 15) is 9.18 Å². The van der Waals surface area contributed by atoms with Crippen molar-refractivity contribution in [3.05, 3.63) is 65.5 Å². The van der Waals surface area contributed by atoms with Crippen molar-refractivity contribution in [3.63, 3.8) is 0 Å². The monoisotopic (exact) mass is 703 g/mol. The van der Waals surface area contributed by atoms with Crippen molar-refractivity contribution >= 4 is 29.8 Å². The highest BCUT2D eigenvalue weighted by molar-refractivity contribution is 6.27. The lowest BCUT2D eigenvalue weighted by Gasteiger charge is -2.39. The SMILES string of the molecule is CC(C)COc1ccc(CC(=O)N(Cc2ccc(F)cc2)C2CCN(CCCN3CCCCC3)CC2)cc1.O=C(O)C(=O)O.O=C(O)C(=O)O. The van der Waals surface area contributed by atoms with Gasteiger partial charge in [0.15, 0.2) is 0 Å². The number of hydrogen-bond acceptors (Lipinski definition) is 8. The predicted molar refractivity (Wildman–Crippen MR) is 182 cm³/mol. The van der Waals surface area contributed by atoms with Gasteiger partial charge in [0.25, 0.3) is 0 Å². The summed E-state index contributed by atoms with van der Waals surface area (Å²) in [6.07, 6.45) is 7.63. The molecule has 2 fully saturated rings. The summed E-state index contributed by atoms with van der Waals surface area (Å²) in [5.74, 6) is -6.10. The van der Waals surface area contributed by atoms with Gasteiger partial charge < -0.3 is 39.9 Å². The molecule has 0 unspecified atom stereocenters. The number of benzene rings is 2. The van der Waals surface area contributed by atoms with Crippen LogP contribution in [0.25, 0.3) is 0 Å². The van der Waals surface area contributed by atoms with Gasteiger partial charge in [0.2, 0.25) is 5.91 Å². The Balaban J connectivity index is 0.000000619. The number of amides is 1. The van der Waals surface area contributed by atoms with Crippen molar-refractivity contribution in [2.75, 3.05) is 45.9 Å². The molecule has 2 aromatic carbocycles. The number of ether oxygens (including phenoxy) is 1. The van der Waals surface area contributed by atoms with Gasteiger partial charge in [-0.05, 0) is 99.6 Å². The fourth-order valence-electron chi connectivity index (χ4n) is 5.61. The fourth-order valence-corrected chi connectivity index (χ4v) is 5.61. The van der Waals surface area contributed by atoms with Crippen LogP contribution in [0.3, 0.4) is 0 Å². The van der Waals surface area contributed by atoms with Crippen LogP contribution >= 0.6 is 0 Å². The molecule has 0 atom stereocenters. The van der Waals surface area contributed by atoms with E-state index in [1.807, 2.05) is 29.2 Å². The third-order valence-electron chi connectivity index (χ3n) is 8.21. The number of halogens is 1. The third kappa shape index (κ3) is 16.7. The number of carbonyl (C=O) groups is 5. The molecule has 2 aromatic rings. The Bertz CT molecular complexity index is 1310. The van der Waals surface area contributed by atoms with Crippen molar-refractivity contribution in [1.82, 2.24) is 14.7 Å². The van der Waals surface area contributed by atoms with Crippen molar-refractivity contribution in [2.24, 2.45) is 5.92 Å². The molecule has 4 N–H and O–H groups in total. The van der Waals surface area contributed by atoms with Gasteiger partial charge in [-0.25, -0.2) is 23.6 Å². The molecule has 2 aliphatic heterocycles. The van der Waals surface area contributed by atoms with E-state index in [1.165, 1.54) is 57.5 Å². The molecule has 0 radical (unpaired) electrons. The Labute approximate surface area is 292 Å². The average molecular weight is 704 g/mol. The number of carboxylic acids is 4. The lowest BCUT2D eigenvalue weighted by molar-refractivity contribution is -0.159. The van der Waals surface area contributed by atoms with E-state index in [0.717, 1.165) is 49.4 Å². The second-order valence-electron chi connectivity index (χ2n) is 12.7. The molecule has 0 aliphatic carbocycles. The maximum atomic E-state index is 13.6. The van der Waals surface area contributed by atoms with E-state index in [-0.39, 0.29) is 17.8 Å². The summed E-state index contributed by atoms with van der Waals surface area (Å²) in [6, 6.07) is 14.7. The first-order valence-electron chi connectivity index (χ1n) is 16.9. The molecule has 276 valence electrons. The predicted octanol–water partition coefficient (Wildman–Crippen LogP) is 4.08. The summed E-state index contributed by atoms with van der Waals surface area (Å²) in [5.41, 5.74) is 1.97. The summed E-state index contributed by atoms with van der Waals surface area (Å²) in [7, 11) is 0. The minimum absolute atomic E-state index is 0.133. The first-order chi connectivity index (χ1) is 23.7. The quantitative estimate of drug-likeness (QED) is 0.233. The molecule has 4 rings (SSSR count). The molecule has 2 heterocycles. The first-order valence-corrected chi connectivity index (χ1v) is 16.9. The van der Waals surface area contributed by atoms with Crippen LogP contribution in [0.4, 0.5) is 4.39 Å². The van der Waals surface area contributed by atoms with Crippen molar-refractivity contribution in [3.8, 4) is 5.75 Å². The van der Waals surface area contributed by atoms with Gasteiger partial charge in [-0.3, -0.25) is 4.79 Å². The Morgan fingerprint density at radius 1 is 0.740 bits per heavy atom. The van der Waals surface area contributed by atoms with E-state index < -0.39 is 23.9 Å². The van der Waals surface area contributed by atoms with E-state index in [1.54, 1.807) is 12.1 Å². The molecule has 0 spiro atoms. The Kier molecular flexibility index (Phi) is 18.5. The number of nitrogens with zero attached hydrogens (tertiary/aromatic N) is 3. The molecular formula is C36H50FN3O10. The zero-order chi connectivity index (χ0) is 37.1. The number of hydrogen-bond donors (Lipinski definition) is 4. The highest BCUT2D eigenvalue weighted by Crippen LogP contribution is 2.22. The molecule has 0 saturated carbocycles. The zero-order valence-corrected chi connectivity index (χ0v) is 28.8. The van der Waals surface area contributed by atoms with E-state index >= 15 is 0 Å². The standard InChI is InChI=1S/C32H46FN3O2.2C2H2O4/c1-26(2)25-38-31-13-9-27(10-14-31)23-32(37)36(24-28-7-11-29(33)12-8-28)30-15-21-35(22-16-30)20-6-19-34-17-4-3-5-18-34;2*3-1(4)2(5)6/h7-14,26,30H,3-6,15-25H2,1-2H3;2*(H,3,4)(H,5,6). The van der Waals surface area contributed by atoms with Crippen LogP contribution in [0.15, 0.2) is 48.5 Å². The Morgan fingerprint density at radius 3 is 1.70 bits per heavy atom. The van der Waals surface area contributed by atoms with Crippen LogP contribution in [0, 0.1) is 11.7 Å². The maximum Gasteiger partial charge on any atom is 0.414 e. The molecule has 50 heavy (non-hydrogen) atoms. The molecule has 13 nitrogen and oxygen atoms in total. The van der Waals surface area contributed by atoms with Crippen LogP contribution < -0.4 is 4.74 Å². The van der Waals surface area contributed by atoms with Crippen molar-refractivity contribution in [1.29, 1.82) is 0 Å². The highest BCUT2D eigenvalue weighted by atomic mass is 19.1. The molecule has 0 bridgehead atoms. The van der Waals surface area contributed by atoms with Gasteiger partial charge in [0, 0.05) is 25.7 Å². The molecule has 14 heteroatoms. The van der Waals surface area contributed by atoms with Crippen LogP contribution in [-0.2, 0) is 36.9 Å². The molecule has 1 amide bonds. The maximum absolute atomic E-state index is 13.6. The van der Waals surface area contributed by atoms with Gasteiger partial charge >= 0.3 is 23.9 Å². The second-order valence-corrected chi connectivity index (χ2v) is 12.7. The van der Waals surface area contributed by atoms with Crippen molar-refractivity contribution < 1.29 is 53.5 Å². The average Bonchev–Trinajstić information content (AvgIpc) is 3.09. The van der Waals surface area contributed by atoms with Crippen LogP contribution in [-0.4, -0.2) is 117 Å². The van der Waals surface area contributed by atoms with Crippen LogP contribution in [0.5, 0.6) is 5.75 Å². The van der Waals surface area contributed by atoms with Crippen molar-refractivity contribution in [2.45, 2.75) is 71.4 Å². The van der Waals surface area contributed by atoms with Gasteiger partial charge in [0.1, 0.15) is 11.6 Å². The Morgan fingerprint density at radius 2 is 1.22 bits per heavy atom. The number of likely N-dealkylation sites (tertiary alicyclic amines) is 2. The summed E-state index contributed by atoms with van der Waals surface area (Å²) in [4.78, 5) is 57.2. The van der Waals surface area contributed by atoms with Crippen LogP contribution in [0.1, 0.15) is 63.5 Å². The second kappa shape index (κ2) is 22.2. The topological polar surface area (TPSA) is 185 Å². The van der Waals surface area contributed by atoms with E-state index in [2.05, 4.69) is 23.6 Å². The van der Waals surface area contributed by atoms with Gasteiger partial charge in [-0.1, -0.05) is 44.5 Å². The zero-order valence-electron chi connectivity index (χ0n) is 28.8. The lowest BCUT2D eigenvalue weighted by atomic mass is 10.0. The molecular weight excluding hydrogens is 653 g/mol. The smallest absolute Gasteiger partial charge is 0.414 e. The summed E-state index contributed by atoms with van der Waals surface area (Å²) in [5, 5.41) is 29.6. The van der Waals surface area contributed by atoms with Crippen LogP contribution in [0.2, 0.25) is 0 Å². The molecule has 2 saturated heterocycles. The molecule has 0 aromatic heterocycles. The largest absolute Gasteiger partial charge is 0.493 e. The number of carbonyl (C=O) groups excluding carboxylic acids is 1. The third-order valence-corrected chi connectivity index (χ3v) is 8.21. The number of piperidine rings is 2. The minimum atomic E-state index is -1.82. The Hall–Kier alpha value is -4.56. The normalized spacial score (nSPS) is 15.1. The number of carboxylic acid groups (broad SMARTS) is 4. The van der Waals surface area contributed by atoms with Gasteiger partial charge in [-0.15, -0.1) is 0 Å². The minimum Gasteiger partial charge on any atom is -0.493 e. The van der Waals surface area contributed by atoms with Gasteiger partial charge in [0.05, 0.1) is 13.0 Å². The summed E-state index contributed by atoms with van der Waals surface area (Å²) >= 11 is 0. The molecule has 2 aliphatic rings. The fraction of sp³-hybridized carbons (Fsp3) is 0.528. The summed E-state index contributed by atoms with van der Waals surface area (Å²) in [6.45, 7) is 12.4. The summed E-state index contributed by atoms with van der Waals surface area (Å²) < 4.78 is 19.3. The number of aliphatic carboxylic acids is 4. The highest BCUT2D eigenvalue weighted by Gasteiger charge is 2.28. The van der Waals surface area contributed by atoms with E-state index in [0.29, 0.717) is 25.5 Å². The van der Waals surface area contributed by atoms with E-state index in [4.69, 9.17) is 44.3 Å². The lowest BCUT2D eigenvalue weighted by Crippen LogP contribution is -2.48. The first kappa shape index (κ1) is 41.6.